The molecule has 6 nitrogen and oxygen atoms in total. The summed E-state index contributed by atoms with van der Waals surface area (Å²) in [7, 11) is 0. The number of amides is 2. The smallest absolute Gasteiger partial charge is 0.325 e. The number of ether oxygens (including phenoxy) is 1. The van der Waals surface area contributed by atoms with Gasteiger partial charge >= 0.3 is 5.97 Å². The molecule has 1 heterocycles. The van der Waals surface area contributed by atoms with Crippen LogP contribution in [0.1, 0.15) is 44.6 Å². The molecule has 3 rings (SSSR count). The summed E-state index contributed by atoms with van der Waals surface area (Å²) in [6.07, 6.45) is 2.38. The first-order valence-corrected chi connectivity index (χ1v) is 9.27. The Bertz CT molecular complexity index is 697. The van der Waals surface area contributed by atoms with Crippen LogP contribution >= 0.6 is 0 Å². The van der Waals surface area contributed by atoms with E-state index in [0.29, 0.717) is 25.0 Å². The fourth-order valence-electron chi connectivity index (χ4n) is 3.03. The number of esters is 1. The predicted molar refractivity (Wildman–Crippen MR) is 97.7 cm³/mol. The Morgan fingerprint density at radius 1 is 1.31 bits per heavy atom. The lowest BCUT2D eigenvalue weighted by Gasteiger charge is -2.18. The van der Waals surface area contributed by atoms with E-state index < -0.39 is 11.9 Å². The highest BCUT2D eigenvalue weighted by atomic mass is 16.5. The highest BCUT2D eigenvalue weighted by molar-refractivity contribution is 6.00. The fourth-order valence-corrected chi connectivity index (χ4v) is 3.03. The minimum absolute atomic E-state index is 0.0673. The molecule has 0 radical (unpaired) electrons. The number of anilines is 1. The van der Waals surface area contributed by atoms with Crippen molar-refractivity contribution < 1.29 is 19.1 Å². The van der Waals surface area contributed by atoms with E-state index in [1.54, 1.807) is 4.90 Å². The third-order valence-electron chi connectivity index (χ3n) is 4.93. The van der Waals surface area contributed by atoms with Gasteiger partial charge in [-0.05, 0) is 42.4 Å². The first-order chi connectivity index (χ1) is 12.4. The highest BCUT2D eigenvalue weighted by Crippen LogP contribution is 2.29. The molecule has 6 heteroatoms. The van der Waals surface area contributed by atoms with Gasteiger partial charge in [0.1, 0.15) is 6.54 Å². The summed E-state index contributed by atoms with van der Waals surface area (Å²) < 4.78 is 5.10. The number of hydrogen-bond acceptors (Lipinski definition) is 4. The first kappa shape index (κ1) is 18.4. The Labute approximate surface area is 153 Å². The summed E-state index contributed by atoms with van der Waals surface area (Å²) in [6.45, 7) is 4.84. The molecule has 1 unspecified atom stereocenters. The van der Waals surface area contributed by atoms with E-state index in [1.165, 1.54) is 0 Å². The molecule has 140 valence electrons. The fraction of sp³-hybridized carbons (Fsp3) is 0.550. The molecule has 1 saturated carbocycles. The topological polar surface area (TPSA) is 75.7 Å². The number of nitrogens with zero attached hydrogens (tertiary/aromatic N) is 1. The number of carbonyl (C=O) groups is 3. The van der Waals surface area contributed by atoms with Gasteiger partial charge in [-0.2, -0.15) is 0 Å². The minimum atomic E-state index is -0.443. The second kappa shape index (κ2) is 7.89. The van der Waals surface area contributed by atoms with Crippen LogP contribution in [0.15, 0.2) is 24.3 Å². The van der Waals surface area contributed by atoms with Crippen molar-refractivity contribution in [2.24, 2.45) is 11.8 Å². The molecule has 0 aromatic heterocycles. The molecule has 1 N–H and O–H groups in total. The standard InChI is InChI=1S/C20H26N2O4/c1-13(2)15-4-3-5-17(8-15)22-11-16(9-18(22)23)20(25)21-10-19(24)26-12-14-6-7-14/h3-5,8,13-14,16H,6-7,9-12H2,1-2H3,(H,21,25). The van der Waals surface area contributed by atoms with Crippen molar-refractivity contribution in [1.29, 1.82) is 0 Å². The lowest BCUT2D eigenvalue weighted by Crippen LogP contribution is -2.36. The van der Waals surface area contributed by atoms with Crippen molar-refractivity contribution in [3.8, 4) is 0 Å². The van der Waals surface area contributed by atoms with Crippen molar-refractivity contribution in [2.45, 2.75) is 39.0 Å². The van der Waals surface area contributed by atoms with Crippen molar-refractivity contribution in [1.82, 2.24) is 5.32 Å². The lowest BCUT2D eigenvalue weighted by atomic mass is 10.0. The van der Waals surface area contributed by atoms with Crippen molar-refractivity contribution in [3.63, 3.8) is 0 Å². The van der Waals surface area contributed by atoms with Gasteiger partial charge in [0.25, 0.3) is 0 Å². The van der Waals surface area contributed by atoms with E-state index >= 15 is 0 Å². The van der Waals surface area contributed by atoms with E-state index in [0.717, 1.165) is 24.1 Å². The average molecular weight is 358 g/mol. The largest absolute Gasteiger partial charge is 0.464 e. The van der Waals surface area contributed by atoms with E-state index in [4.69, 9.17) is 4.74 Å². The van der Waals surface area contributed by atoms with Gasteiger partial charge in [0.05, 0.1) is 12.5 Å². The second-order valence-electron chi connectivity index (χ2n) is 7.50. The van der Waals surface area contributed by atoms with Crippen LogP contribution in [0.3, 0.4) is 0 Å². The molecule has 2 fully saturated rings. The Kier molecular flexibility index (Phi) is 5.59. The number of carbonyl (C=O) groups excluding carboxylic acids is 3. The SMILES string of the molecule is CC(C)c1cccc(N2CC(C(=O)NCC(=O)OCC3CC3)CC2=O)c1. The summed E-state index contributed by atoms with van der Waals surface area (Å²) in [5.41, 5.74) is 1.97. The van der Waals surface area contributed by atoms with Crippen molar-refractivity contribution in [2.75, 3.05) is 24.6 Å². The van der Waals surface area contributed by atoms with E-state index in [9.17, 15) is 14.4 Å². The van der Waals surface area contributed by atoms with E-state index in [1.807, 2.05) is 24.3 Å². The molecule has 1 aliphatic carbocycles. The molecule has 1 aliphatic heterocycles. The average Bonchev–Trinajstić information content (AvgIpc) is 3.38. The van der Waals surface area contributed by atoms with Crippen molar-refractivity contribution >= 4 is 23.5 Å². The molecule has 1 atom stereocenters. The van der Waals surface area contributed by atoms with Crippen molar-refractivity contribution in [3.05, 3.63) is 29.8 Å². The third-order valence-corrected chi connectivity index (χ3v) is 4.93. The lowest BCUT2D eigenvalue weighted by molar-refractivity contribution is -0.144. The molecule has 1 aromatic rings. The maximum atomic E-state index is 12.3. The third kappa shape index (κ3) is 4.62. The predicted octanol–water partition coefficient (Wildman–Crippen LogP) is 2.23. The van der Waals surface area contributed by atoms with Crippen LogP contribution in [0.5, 0.6) is 0 Å². The summed E-state index contributed by atoms with van der Waals surface area (Å²) in [4.78, 5) is 37.9. The van der Waals surface area contributed by atoms with Gasteiger partial charge in [0.15, 0.2) is 0 Å². The van der Waals surface area contributed by atoms with Crippen LogP contribution < -0.4 is 10.2 Å². The second-order valence-corrected chi connectivity index (χ2v) is 7.50. The van der Waals surface area contributed by atoms with Gasteiger partial charge < -0.3 is 15.0 Å². The summed E-state index contributed by atoms with van der Waals surface area (Å²) >= 11 is 0. The summed E-state index contributed by atoms with van der Waals surface area (Å²) in [6, 6.07) is 7.85. The Morgan fingerprint density at radius 2 is 2.08 bits per heavy atom. The molecule has 2 amide bonds. The maximum absolute atomic E-state index is 12.3. The minimum Gasteiger partial charge on any atom is -0.464 e. The normalized spacial score (nSPS) is 19.7. The van der Waals surface area contributed by atoms with Crippen LogP contribution in [-0.2, 0) is 19.1 Å². The molecule has 26 heavy (non-hydrogen) atoms. The van der Waals surface area contributed by atoms with Crippen LogP contribution in [-0.4, -0.2) is 37.5 Å². The zero-order valence-electron chi connectivity index (χ0n) is 15.4. The summed E-state index contributed by atoms with van der Waals surface area (Å²) in [5.74, 6) is -0.338. The quantitative estimate of drug-likeness (QED) is 0.759. The zero-order chi connectivity index (χ0) is 18.7. The van der Waals surface area contributed by atoms with E-state index in [-0.39, 0.29) is 24.8 Å². The van der Waals surface area contributed by atoms with Gasteiger partial charge in [-0.25, -0.2) is 0 Å². The van der Waals surface area contributed by atoms with Crippen LogP contribution in [0.25, 0.3) is 0 Å². The monoisotopic (exact) mass is 358 g/mol. The van der Waals surface area contributed by atoms with E-state index in [2.05, 4.69) is 19.2 Å². The number of rotatable bonds is 7. The first-order valence-electron chi connectivity index (χ1n) is 9.27. The Morgan fingerprint density at radius 3 is 2.77 bits per heavy atom. The van der Waals surface area contributed by atoms with Crippen LogP contribution in [0, 0.1) is 11.8 Å². The molecular weight excluding hydrogens is 332 g/mol. The van der Waals surface area contributed by atoms with Gasteiger partial charge in [-0.3, -0.25) is 14.4 Å². The van der Waals surface area contributed by atoms with Gasteiger partial charge in [0, 0.05) is 18.7 Å². The molecule has 0 spiro atoms. The number of benzene rings is 1. The maximum Gasteiger partial charge on any atom is 0.325 e. The molecular formula is C20H26N2O4. The Balaban J connectivity index is 1.52. The van der Waals surface area contributed by atoms with Gasteiger partial charge in [0.2, 0.25) is 11.8 Å². The summed E-state index contributed by atoms with van der Waals surface area (Å²) in [5, 5.41) is 2.60. The molecule has 1 saturated heterocycles. The van der Waals surface area contributed by atoms with Crippen LogP contribution in [0.2, 0.25) is 0 Å². The molecule has 0 bridgehead atoms. The Hall–Kier alpha value is -2.37. The van der Waals surface area contributed by atoms with Gasteiger partial charge in [-0.15, -0.1) is 0 Å². The number of hydrogen-bond donors (Lipinski definition) is 1. The van der Waals surface area contributed by atoms with Crippen LogP contribution in [0.4, 0.5) is 5.69 Å². The number of nitrogens with one attached hydrogen (secondary N) is 1. The zero-order valence-corrected chi connectivity index (χ0v) is 15.4. The molecule has 2 aliphatic rings. The van der Waals surface area contributed by atoms with Gasteiger partial charge in [-0.1, -0.05) is 26.0 Å². The highest BCUT2D eigenvalue weighted by Gasteiger charge is 2.35. The molecule has 1 aromatic carbocycles.